The molecule has 136 valence electrons. The molecule has 1 aromatic carbocycles. The predicted molar refractivity (Wildman–Crippen MR) is 103 cm³/mol. The third-order valence-electron chi connectivity index (χ3n) is 5.50. The fourth-order valence-electron chi connectivity index (χ4n) is 3.60. The van der Waals surface area contributed by atoms with E-state index in [0.717, 1.165) is 32.5 Å². The van der Waals surface area contributed by atoms with Crippen LogP contribution in [0.3, 0.4) is 0 Å². The van der Waals surface area contributed by atoms with E-state index in [4.69, 9.17) is 9.47 Å². The Hall–Kier alpha value is -1.74. The maximum atomic E-state index is 5.62. The lowest BCUT2D eigenvalue weighted by atomic mass is 9.86. The summed E-state index contributed by atoms with van der Waals surface area (Å²) in [5.74, 6) is 0.0994. The van der Waals surface area contributed by atoms with Crippen molar-refractivity contribution in [3.05, 3.63) is 53.5 Å². The van der Waals surface area contributed by atoms with Crippen LogP contribution in [0.15, 0.2) is 42.4 Å². The van der Waals surface area contributed by atoms with Gasteiger partial charge in [0.2, 0.25) is 0 Å². The Balaban J connectivity index is 1.61. The molecule has 2 aliphatic heterocycles. The number of rotatable bonds is 3. The minimum atomic E-state index is -0.372. The van der Waals surface area contributed by atoms with E-state index in [2.05, 4.69) is 70.4 Å². The highest BCUT2D eigenvalue weighted by molar-refractivity contribution is 5.67. The van der Waals surface area contributed by atoms with Crippen molar-refractivity contribution >= 4 is 5.57 Å². The zero-order valence-electron chi connectivity index (χ0n) is 16.3. The summed E-state index contributed by atoms with van der Waals surface area (Å²) in [5, 5.41) is 0. The molecular formula is C22H31NO2. The fourth-order valence-corrected chi connectivity index (χ4v) is 3.60. The first-order valence-electron chi connectivity index (χ1n) is 9.25. The molecular weight excluding hydrogens is 310 g/mol. The van der Waals surface area contributed by atoms with E-state index in [1.54, 1.807) is 0 Å². The van der Waals surface area contributed by atoms with E-state index >= 15 is 0 Å². The van der Waals surface area contributed by atoms with Crippen LogP contribution in [0.2, 0.25) is 0 Å². The molecule has 0 bridgehead atoms. The normalized spacial score (nSPS) is 21.2. The lowest BCUT2D eigenvalue weighted by Gasteiger charge is -2.47. The SMILES string of the molecule is C=C1OC2(CCN(C/C(C)=C(\C)c3ccc(C(C)(C)C)cc3)CC2)O1. The van der Waals surface area contributed by atoms with Crippen LogP contribution in [-0.2, 0) is 14.9 Å². The van der Waals surface area contributed by atoms with Crippen molar-refractivity contribution in [1.82, 2.24) is 4.90 Å². The maximum Gasteiger partial charge on any atom is 0.278 e. The van der Waals surface area contributed by atoms with Gasteiger partial charge in [-0.15, -0.1) is 0 Å². The molecule has 0 aromatic heterocycles. The molecule has 3 rings (SSSR count). The molecule has 0 N–H and O–H groups in total. The monoisotopic (exact) mass is 341 g/mol. The lowest BCUT2D eigenvalue weighted by Crippen LogP contribution is -2.53. The van der Waals surface area contributed by atoms with E-state index in [1.807, 2.05) is 0 Å². The summed E-state index contributed by atoms with van der Waals surface area (Å²) in [6, 6.07) is 9.03. The summed E-state index contributed by atoms with van der Waals surface area (Å²) < 4.78 is 11.2. The standard InChI is InChI=1S/C22H31NO2/c1-16(15-23-13-11-22(12-14-23)24-18(3)25-22)17(2)19-7-9-20(10-8-19)21(4,5)6/h7-10H,3,11-15H2,1-2,4-6H3/b17-16+. The van der Waals surface area contributed by atoms with Gasteiger partial charge < -0.3 is 9.47 Å². The van der Waals surface area contributed by atoms with Crippen LogP contribution in [-0.4, -0.2) is 30.3 Å². The van der Waals surface area contributed by atoms with Gasteiger partial charge in [-0.1, -0.05) is 50.6 Å². The zero-order chi connectivity index (χ0) is 18.2. The van der Waals surface area contributed by atoms with Crippen LogP contribution in [0.25, 0.3) is 5.57 Å². The molecule has 3 nitrogen and oxygen atoms in total. The molecule has 2 heterocycles. The van der Waals surface area contributed by atoms with Crippen molar-refractivity contribution in [3.8, 4) is 0 Å². The van der Waals surface area contributed by atoms with Crippen molar-refractivity contribution in [2.75, 3.05) is 19.6 Å². The second-order valence-electron chi connectivity index (χ2n) is 8.50. The van der Waals surface area contributed by atoms with Gasteiger partial charge in [-0.05, 0) is 42.5 Å². The summed E-state index contributed by atoms with van der Waals surface area (Å²) in [6.45, 7) is 17.9. The van der Waals surface area contributed by atoms with Gasteiger partial charge in [0.15, 0.2) is 0 Å². The Kier molecular flexibility index (Phi) is 4.72. The predicted octanol–water partition coefficient (Wildman–Crippen LogP) is 5.09. The van der Waals surface area contributed by atoms with Crippen LogP contribution in [0.4, 0.5) is 0 Å². The summed E-state index contributed by atoms with van der Waals surface area (Å²) >= 11 is 0. The van der Waals surface area contributed by atoms with Crippen molar-refractivity contribution in [2.45, 2.75) is 58.7 Å². The van der Waals surface area contributed by atoms with E-state index in [9.17, 15) is 0 Å². The van der Waals surface area contributed by atoms with E-state index in [0.29, 0.717) is 5.95 Å². The number of allylic oxidation sites excluding steroid dienone is 1. The van der Waals surface area contributed by atoms with E-state index in [-0.39, 0.29) is 11.2 Å². The van der Waals surface area contributed by atoms with Gasteiger partial charge in [0.05, 0.1) is 0 Å². The van der Waals surface area contributed by atoms with Crippen LogP contribution >= 0.6 is 0 Å². The molecule has 0 aliphatic carbocycles. The first-order chi connectivity index (χ1) is 11.7. The Morgan fingerprint density at radius 3 is 2.12 bits per heavy atom. The zero-order valence-corrected chi connectivity index (χ0v) is 16.3. The molecule has 2 saturated heterocycles. The number of likely N-dealkylation sites (tertiary alicyclic amines) is 1. The first-order valence-corrected chi connectivity index (χ1v) is 9.25. The highest BCUT2D eigenvalue weighted by Crippen LogP contribution is 2.39. The highest BCUT2D eigenvalue weighted by atomic mass is 16.9. The average Bonchev–Trinajstić information content (AvgIpc) is 2.54. The van der Waals surface area contributed by atoms with Crippen molar-refractivity contribution in [2.24, 2.45) is 0 Å². The minimum absolute atomic E-state index is 0.200. The molecule has 2 aliphatic rings. The minimum Gasteiger partial charge on any atom is -0.422 e. The van der Waals surface area contributed by atoms with Crippen LogP contribution in [0, 0.1) is 0 Å². The maximum absolute atomic E-state index is 5.62. The second-order valence-corrected chi connectivity index (χ2v) is 8.50. The second kappa shape index (κ2) is 6.53. The van der Waals surface area contributed by atoms with Crippen LogP contribution < -0.4 is 0 Å². The third kappa shape index (κ3) is 3.92. The largest absolute Gasteiger partial charge is 0.422 e. The van der Waals surface area contributed by atoms with Crippen molar-refractivity contribution < 1.29 is 9.47 Å². The summed E-state index contributed by atoms with van der Waals surface area (Å²) in [7, 11) is 0. The van der Waals surface area contributed by atoms with Crippen molar-refractivity contribution in [3.63, 3.8) is 0 Å². The van der Waals surface area contributed by atoms with Crippen molar-refractivity contribution in [1.29, 1.82) is 0 Å². The Morgan fingerprint density at radius 1 is 1.08 bits per heavy atom. The first kappa shape index (κ1) is 18.1. The molecule has 1 aromatic rings. The fraction of sp³-hybridized carbons (Fsp3) is 0.545. The van der Waals surface area contributed by atoms with Gasteiger partial charge >= 0.3 is 0 Å². The molecule has 3 heteroatoms. The number of hydrogen-bond donors (Lipinski definition) is 0. The highest BCUT2D eigenvalue weighted by Gasteiger charge is 2.46. The number of piperidine rings is 1. The van der Waals surface area contributed by atoms with Gasteiger partial charge in [-0.2, -0.15) is 0 Å². The number of benzene rings is 1. The molecule has 25 heavy (non-hydrogen) atoms. The molecule has 0 atom stereocenters. The number of hydrogen-bond acceptors (Lipinski definition) is 3. The molecule has 0 saturated carbocycles. The quantitative estimate of drug-likeness (QED) is 0.764. The van der Waals surface area contributed by atoms with Gasteiger partial charge in [0.25, 0.3) is 11.7 Å². The van der Waals surface area contributed by atoms with Gasteiger partial charge in [-0.25, -0.2) is 0 Å². The summed E-state index contributed by atoms with van der Waals surface area (Å²) in [6.07, 6.45) is 1.83. The molecule has 0 amide bonds. The van der Waals surface area contributed by atoms with E-state index in [1.165, 1.54) is 22.3 Å². The lowest BCUT2D eigenvalue weighted by molar-refractivity contribution is -0.347. The molecule has 0 unspecified atom stereocenters. The summed E-state index contributed by atoms with van der Waals surface area (Å²) in [5.41, 5.74) is 5.71. The average molecular weight is 341 g/mol. The van der Waals surface area contributed by atoms with Gasteiger partial charge in [-0.3, -0.25) is 4.90 Å². The van der Waals surface area contributed by atoms with Crippen LogP contribution in [0.1, 0.15) is 58.6 Å². The molecule has 0 radical (unpaired) electrons. The third-order valence-corrected chi connectivity index (χ3v) is 5.50. The van der Waals surface area contributed by atoms with E-state index < -0.39 is 0 Å². The number of ether oxygens (including phenoxy) is 2. The van der Waals surface area contributed by atoms with Gasteiger partial charge in [0, 0.05) is 32.5 Å². The Morgan fingerprint density at radius 2 is 1.64 bits per heavy atom. The Labute approximate surface area is 152 Å². The van der Waals surface area contributed by atoms with Gasteiger partial charge in [0.1, 0.15) is 0 Å². The summed E-state index contributed by atoms with van der Waals surface area (Å²) in [4.78, 5) is 2.49. The van der Waals surface area contributed by atoms with Crippen LogP contribution in [0.5, 0.6) is 0 Å². The number of nitrogens with zero attached hydrogens (tertiary/aromatic N) is 1. The molecule has 1 spiro atoms. The topological polar surface area (TPSA) is 21.7 Å². The Bertz CT molecular complexity index is 661. The smallest absolute Gasteiger partial charge is 0.278 e. The molecule has 2 fully saturated rings.